The molecule has 0 spiro atoms. The van der Waals surface area contributed by atoms with Crippen LogP contribution in [0.4, 0.5) is 5.69 Å². The van der Waals surface area contributed by atoms with Gasteiger partial charge in [-0.1, -0.05) is 12.1 Å². The largest absolute Gasteiger partial charge is 0.493 e. The van der Waals surface area contributed by atoms with Crippen LogP contribution in [0.2, 0.25) is 0 Å². The Kier molecular flexibility index (Phi) is 4.81. The number of rotatable bonds is 5. The number of carbonyl (C=O) groups excluding carboxylic acids is 1. The number of aromatic nitrogens is 1. The maximum absolute atomic E-state index is 12.0. The summed E-state index contributed by atoms with van der Waals surface area (Å²) < 4.78 is 10.7. The number of hydrogen-bond donors (Lipinski definition) is 0. The van der Waals surface area contributed by atoms with Crippen LogP contribution in [0.1, 0.15) is 12.8 Å². The van der Waals surface area contributed by atoms with Crippen molar-refractivity contribution in [1.29, 1.82) is 0 Å². The minimum atomic E-state index is 0.191. The summed E-state index contributed by atoms with van der Waals surface area (Å²) in [6.07, 6.45) is 1.55. The molecule has 1 aliphatic rings. The fraction of sp³-hybridized carbons (Fsp3) is 0.238. The number of anilines is 1. The maximum atomic E-state index is 12.0. The van der Waals surface area contributed by atoms with Gasteiger partial charge in [0.05, 0.1) is 19.9 Å². The van der Waals surface area contributed by atoms with Gasteiger partial charge in [0.2, 0.25) is 5.91 Å². The van der Waals surface area contributed by atoms with Gasteiger partial charge in [-0.05, 0) is 36.8 Å². The van der Waals surface area contributed by atoms with Gasteiger partial charge in [-0.25, -0.2) is 4.98 Å². The highest BCUT2D eigenvalue weighted by molar-refractivity contribution is 7.13. The average Bonchev–Trinajstić information content (AvgIpc) is 3.37. The molecule has 0 saturated carbocycles. The predicted molar refractivity (Wildman–Crippen MR) is 108 cm³/mol. The van der Waals surface area contributed by atoms with Crippen LogP contribution in [-0.4, -0.2) is 31.7 Å². The molecular weight excluding hydrogens is 360 g/mol. The lowest BCUT2D eigenvalue weighted by atomic mass is 10.1. The van der Waals surface area contributed by atoms with E-state index in [1.165, 1.54) is 0 Å². The van der Waals surface area contributed by atoms with Crippen LogP contribution in [0.3, 0.4) is 0 Å². The predicted octanol–water partition coefficient (Wildman–Crippen LogP) is 4.62. The molecule has 2 aromatic carbocycles. The molecule has 27 heavy (non-hydrogen) atoms. The number of carbonyl (C=O) groups is 1. The first-order chi connectivity index (χ1) is 13.2. The Morgan fingerprint density at radius 1 is 1.04 bits per heavy atom. The maximum Gasteiger partial charge on any atom is 0.227 e. The lowest BCUT2D eigenvalue weighted by Gasteiger charge is -2.16. The number of hydrogen-bond acceptors (Lipinski definition) is 5. The Bertz CT molecular complexity index is 983. The first kappa shape index (κ1) is 17.5. The molecule has 4 rings (SSSR count). The van der Waals surface area contributed by atoms with E-state index in [4.69, 9.17) is 14.5 Å². The third-order valence-corrected chi connectivity index (χ3v) is 5.55. The van der Waals surface area contributed by atoms with Crippen molar-refractivity contribution in [2.24, 2.45) is 0 Å². The zero-order valence-electron chi connectivity index (χ0n) is 15.3. The van der Waals surface area contributed by atoms with Crippen molar-refractivity contribution in [1.82, 2.24) is 4.98 Å². The second-order valence-corrected chi connectivity index (χ2v) is 7.17. The van der Waals surface area contributed by atoms with Crippen molar-refractivity contribution in [3.8, 4) is 33.3 Å². The Hall–Kier alpha value is -2.86. The van der Waals surface area contributed by atoms with Crippen LogP contribution in [0.5, 0.6) is 11.5 Å². The van der Waals surface area contributed by atoms with Crippen LogP contribution in [0.25, 0.3) is 21.8 Å². The normalized spacial score (nSPS) is 13.9. The molecule has 0 atom stereocenters. The summed E-state index contributed by atoms with van der Waals surface area (Å²) in [6, 6.07) is 13.8. The molecule has 138 valence electrons. The third-order valence-electron chi connectivity index (χ3n) is 4.66. The summed E-state index contributed by atoms with van der Waals surface area (Å²) in [4.78, 5) is 18.7. The van der Waals surface area contributed by atoms with Gasteiger partial charge in [0.15, 0.2) is 11.5 Å². The summed E-state index contributed by atoms with van der Waals surface area (Å²) in [5.41, 5.74) is 3.83. The molecule has 6 heteroatoms. The Morgan fingerprint density at radius 2 is 1.89 bits per heavy atom. The van der Waals surface area contributed by atoms with Gasteiger partial charge >= 0.3 is 0 Å². The topological polar surface area (TPSA) is 51.7 Å². The standard InChI is InChI=1S/C21H20N2O3S/c1-25-18-9-8-15(12-19(18)26-2)21-22-17(13-27-21)14-5-3-6-16(11-14)23-10-4-7-20(23)24/h3,5-6,8-9,11-13H,4,7,10H2,1-2H3. The molecule has 1 aromatic heterocycles. The van der Waals surface area contributed by atoms with E-state index in [0.29, 0.717) is 17.9 Å². The van der Waals surface area contributed by atoms with Gasteiger partial charge in [0.25, 0.3) is 0 Å². The van der Waals surface area contributed by atoms with Crippen molar-refractivity contribution in [2.75, 3.05) is 25.7 Å². The molecule has 1 aliphatic heterocycles. The molecule has 5 nitrogen and oxygen atoms in total. The molecule has 0 N–H and O–H groups in total. The fourth-order valence-corrected chi connectivity index (χ4v) is 4.09. The van der Waals surface area contributed by atoms with Crippen LogP contribution >= 0.6 is 11.3 Å². The van der Waals surface area contributed by atoms with Crippen LogP contribution in [0, 0.1) is 0 Å². The number of nitrogens with zero attached hydrogens (tertiary/aromatic N) is 2. The van der Waals surface area contributed by atoms with Gasteiger partial charge in [0.1, 0.15) is 5.01 Å². The summed E-state index contributed by atoms with van der Waals surface area (Å²) >= 11 is 1.58. The molecule has 1 fully saturated rings. The highest BCUT2D eigenvalue weighted by Crippen LogP contribution is 2.35. The smallest absolute Gasteiger partial charge is 0.227 e. The fourth-order valence-electron chi connectivity index (χ4n) is 3.26. The quantitative estimate of drug-likeness (QED) is 0.648. The average molecular weight is 380 g/mol. The van der Waals surface area contributed by atoms with Gasteiger partial charge in [-0.3, -0.25) is 4.79 Å². The summed E-state index contributed by atoms with van der Waals surface area (Å²) in [5, 5.41) is 2.95. The second kappa shape index (κ2) is 7.40. The van der Waals surface area contributed by atoms with Crippen LogP contribution in [-0.2, 0) is 4.79 Å². The van der Waals surface area contributed by atoms with E-state index in [2.05, 4.69) is 0 Å². The summed E-state index contributed by atoms with van der Waals surface area (Å²) in [5.74, 6) is 1.57. The summed E-state index contributed by atoms with van der Waals surface area (Å²) in [7, 11) is 3.25. The van der Waals surface area contributed by atoms with Crippen LogP contribution in [0.15, 0.2) is 47.8 Å². The Balaban J connectivity index is 1.64. The molecule has 0 radical (unpaired) electrons. The third kappa shape index (κ3) is 3.40. The number of methoxy groups -OCH3 is 2. The van der Waals surface area contributed by atoms with Crippen molar-refractivity contribution in [3.63, 3.8) is 0 Å². The highest BCUT2D eigenvalue weighted by Gasteiger charge is 2.22. The van der Waals surface area contributed by atoms with Crippen molar-refractivity contribution >= 4 is 22.9 Å². The molecule has 1 amide bonds. The first-order valence-corrected chi connectivity index (χ1v) is 9.66. The Labute approximate surface area is 162 Å². The Morgan fingerprint density at radius 3 is 2.63 bits per heavy atom. The van der Waals surface area contributed by atoms with Gasteiger partial charge in [-0.2, -0.15) is 0 Å². The second-order valence-electron chi connectivity index (χ2n) is 6.31. The SMILES string of the molecule is COc1ccc(-c2nc(-c3cccc(N4CCCC4=O)c3)cs2)cc1OC. The van der Waals surface area contributed by atoms with E-state index < -0.39 is 0 Å². The summed E-state index contributed by atoms with van der Waals surface area (Å²) in [6.45, 7) is 0.788. The van der Waals surface area contributed by atoms with Crippen molar-refractivity contribution in [3.05, 3.63) is 47.8 Å². The number of thiazole rings is 1. The van der Waals surface area contributed by atoms with E-state index in [1.807, 2.05) is 52.7 Å². The van der Waals surface area contributed by atoms with E-state index in [9.17, 15) is 4.79 Å². The van der Waals surface area contributed by atoms with Gasteiger partial charge in [-0.15, -0.1) is 11.3 Å². The van der Waals surface area contributed by atoms with Gasteiger partial charge in [0, 0.05) is 35.2 Å². The molecule has 3 aromatic rings. The van der Waals surface area contributed by atoms with E-state index in [-0.39, 0.29) is 5.91 Å². The number of ether oxygens (including phenoxy) is 2. The lowest BCUT2D eigenvalue weighted by molar-refractivity contribution is -0.117. The zero-order chi connectivity index (χ0) is 18.8. The first-order valence-electron chi connectivity index (χ1n) is 8.78. The lowest BCUT2D eigenvalue weighted by Crippen LogP contribution is -2.23. The van der Waals surface area contributed by atoms with Crippen molar-refractivity contribution < 1.29 is 14.3 Å². The van der Waals surface area contributed by atoms with Gasteiger partial charge < -0.3 is 14.4 Å². The van der Waals surface area contributed by atoms with E-state index >= 15 is 0 Å². The zero-order valence-corrected chi connectivity index (χ0v) is 16.1. The number of benzene rings is 2. The monoisotopic (exact) mass is 380 g/mol. The van der Waals surface area contributed by atoms with Crippen molar-refractivity contribution in [2.45, 2.75) is 12.8 Å². The number of amides is 1. The molecule has 0 aliphatic carbocycles. The molecule has 1 saturated heterocycles. The van der Waals surface area contributed by atoms with E-state index in [1.54, 1.807) is 25.6 Å². The minimum absolute atomic E-state index is 0.191. The van der Waals surface area contributed by atoms with E-state index in [0.717, 1.165) is 40.5 Å². The molecule has 0 bridgehead atoms. The van der Waals surface area contributed by atoms with Crippen LogP contribution < -0.4 is 14.4 Å². The molecular formula is C21H20N2O3S. The minimum Gasteiger partial charge on any atom is -0.493 e. The molecule has 0 unspecified atom stereocenters. The molecule has 2 heterocycles. The highest BCUT2D eigenvalue weighted by atomic mass is 32.1.